The van der Waals surface area contributed by atoms with E-state index in [4.69, 9.17) is 9.72 Å². The molecule has 2 aliphatic heterocycles. The summed E-state index contributed by atoms with van der Waals surface area (Å²) in [4.78, 5) is 31.3. The second kappa shape index (κ2) is 10.8. The van der Waals surface area contributed by atoms with Crippen molar-refractivity contribution in [1.82, 2.24) is 24.8 Å². The molecule has 0 saturated carbocycles. The third-order valence-corrected chi connectivity index (χ3v) is 9.55. The minimum atomic E-state index is -0.761. The summed E-state index contributed by atoms with van der Waals surface area (Å²) in [7, 11) is 0. The lowest BCUT2D eigenvalue weighted by atomic mass is 9.74. The van der Waals surface area contributed by atoms with E-state index in [1.54, 1.807) is 24.7 Å². The van der Waals surface area contributed by atoms with Crippen molar-refractivity contribution in [2.45, 2.75) is 45.3 Å². The SMILES string of the molecule is CC(C)C1(Oc2cncnc2N2CCC3(CCN(Cc4ccc5[nH]c(=O)[nH]c5c4)C3)C2)CC=C(F)C=C1c1ccccc1. The predicted octanol–water partition coefficient (Wildman–Crippen LogP) is 5.86. The largest absolute Gasteiger partial charge is 0.476 e. The summed E-state index contributed by atoms with van der Waals surface area (Å²) in [5.41, 5.74) is 3.90. The quantitative estimate of drug-likeness (QED) is 0.285. The number of nitrogens with one attached hydrogen (secondary N) is 2. The van der Waals surface area contributed by atoms with Crippen molar-refractivity contribution < 1.29 is 9.13 Å². The van der Waals surface area contributed by atoms with E-state index < -0.39 is 5.60 Å². The molecule has 9 heteroatoms. The lowest BCUT2D eigenvalue weighted by Crippen LogP contribution is -2.44. The van der Waals surface area contributed by atoms with Gasteiger partial charge in [0.1, 0.15) is 17.8 Å². The predicted molar refractivity (Wildman–Crippen MR) is 167 cm³/mol. The molecule has 2 fully saturated rings. The number of aromatic amines is 2. The fourth-order valence-electron chi connectivity index (χ4n) is 7.25. The molecule has 0 amide bonds. The van der Waals surface area contributed by atoms with Crippen molar-refractivity contribution in [1.29, 1.82) is 0 Å². The zero-order valence-corrected chi connectivity index (χ0v) is 24.6. The van der Waals surface area contributed by atoms with Crippen LogP contribution in [0.25, 0.3) is 16.6 Å². The maximum absolute atomic E-state index is 14.7. The highest BCUT2D eigenvalue weighted by Gasteiger charge is 2.46. The summed E-state index contributed by atoms with van der Waals surface area (Å²) in [5, 5.41) is 0. The number of hydrogen-bond donors (Lipinski definition) is 2. The number of H-pyrrole nitrogens is 2. The van der Waals surface area contributed by atoms with Crippen LogP contribution in [0.4, 0.5) is 10.2 Å². The number of benzene rings is 2. The Hall–Kier alpha value is -4.24. The minimum absolute atomic E-state index is 0.0630. The van der Waals surface area contributed by atoms with E-state index in [2.05, 4.69) is 50.7 Å². The highest BCUT2D eigenvalue weighted by molar-refractivity contribution is 5.77. The Labute approximate surface area is 250 Å². The van der Waals surface area contributed by atoms with Gasteiger partial charge in [0.25, 0.3) is 0 Å². The van der Waals surface area contributed by atoms with Gasteiger partial charge in [-0.15, -0.1) is 0 Å². The number of aromatic nitrogens is 4. The minimum Gasteiger partial charge on any atom is -0.476 e. The van der Waals surface area contributed by atoms with Gasteiger partial charge in [-0.25, -0.2) is 19.2 Å². The summed E-state index contributed by atoms with van der Waals surface area (Å²) in [6, 6.07) is 16.1. The molecule has 43 heavy (non-hydrogen) atoms. The first-order chi connectivity index (χ1) is 20.8. The fourth-order valence-corrected chi connectivity index (χ4v) is 7.25. The van der Waals surface area contributed by atoms with E-state index in [1.807, 2.05) is 36.4 Å². The number of fused-ring (bicyclic) bond motifs is 1. The highest BCUT2D eigenvalue weighted by Crippen LogP contribution is 2.47. The highest BCUT2D eigenvalue weighted by atomic mass is 19.1. The van der Waals surface area contributed by atoms with E-state index in [-0.39, 0.29) is 22.8 Å². The van der Waals surface area contributed by atoms with E-state index in [1.165, 1.54) is 5.56 Å². The van der Waals surface area contributed by atoms with Gasteiger partial charge in [0.2, 0.25) is 0 Å². The monoisotopic (exact) mass is 580 g/mol. The summed E-state index contributed by atoms with van der Waals surface area (Å²) in [5.74, 6) is 1.26. The molecule has 4 heterocycles. The van der Waals surface area contributed by atoms with Crippen molar-refractivity contribution in [3.8, 4) is 5.75 Å². The first kappa shape index (κ1) is 27.6. The fraction of sp³-hybridized carbons (Fsp3) is 0.382. The van der Waals surface area contributed by atoms with Crippen molar-refractivity contribution in [3.05, 3.63) is 101 Å². The third kappa shape index (κ3) is 5.16. The van der Waals surface area contributed by atoms with Crippen LogP contribution in [0.5, 0.6) is 5.75 Å². The Kier molecular flexibility index (Phi) is 6.92. The van der Waals surface area contributed by atoms with Gasteiger partial charge in [-0.2, -0.15) is 0 Å². The molecule has 2 atom stereocenters. The van der Waals surface area contributed by atoms with Crippen LogP contribution in [0.3, 0.4) is 0 Å². The van der Waals surface area contributed by atoms with Crippen LogP contribution in [-0.2, 0) is 6.54 Å². The number of ether oxygens (including phenoxy) is 1. The van der Waals surface area contributed by atoms with Crippen LogP contribution < -0.4 is 15.3 Å². The van der Waals surface area contributed by atoms with Gasteiger partial charge in [0.05, 0.1) is 17.2 Å². The number of likely N-dealkylation sites (tertiary alicyclic amines) is 1. The Morgan fingerprint density at radius 1 is 1.05 bits per heavy atom. The number of nitrogens with zero attached hydrogens (tertiary/aromatic N) is 4. The average molecular weight is 581 g/mol. The molecule has 2 aromatic heterocycles. The molecule has 2 aromatic carbocycles. The molecular weight excluding hydrogens is 543 g/mol. The number of rotatable bonds is 7. The van der Waals surface area contributed by atoms with Crippen LogP contribution in [0.15, 0.2) is 83.8 Å². The van der Waals surface area contributed by atoms with E-state index in [0.717, 1.165) is 73.6 Å². The lowest BCUT2D eigenvalue weighted by molar-refractivity contribution is 0.0812. The molecular formula is C34H37FN6O2. The molecule has 0 bridgehead atoms. The Balaban J connectivity index is 1.11. The first-order valence-corrected chi connectivity index (χ1v) is 15.1. The number of allylic oxidation sites excluding steroid dienone is 2. The molecule has 7 rings (SSSR count). The van der Waals surface area contributed by atoms with E-state index in [0.29, 0.717) is 12.2 Å². The zero-order chi connectivity index (χ0) is 29.6. The summed E-state index contributed by atoms with van der Waals surface area (Å²) in [6.07, 6.45) is 9.21. The molecule has 222 valence electrons. The van der Waals surface area contributed by atoms with Crippen LogP contribution in [0.1, 0.15) is 44.2 Å². The van der Waals surface area contributed by atoms with Crippen LogP contribution in [0.2, 0.25) is 0 Å². The maximum Gasteiger partial charge on any atom is 0.323 e. The van der Waals surface area contributed by atoms with Gasteiger partial charge in [0.15, 0.2) is 11.6 Å². The van der Waals surface area contributed by atoms with Gasteiger partial charge in [-0.05, 0) is 60.7 Å². The van der Waals surface area contributed by atoms with Gasteiger partial charge < -0.3 is 19.6 Å². The third-order valence-electron chi connectivity index (χ3n) is 9.55. The van der Waals surface area contributed by atoms with Crippen LogP contribution >= 0.6 is 0 Å². The molecule has 4 aromatic rings. The number of halogens is 1. The summed E-state index contributed by atoms with van der Waals surface area (Å²) < 4.78 is 21.6. The molecule has 0 radical (unpaired) electrons. The molecule has 8 nitrogen and oxygen atoms in total. The standard InChI is InChI=1S/C34H37FN6O2/c1-23(2)34(11-10-26(35)17-27(34)25-6-4-3-5-7-25)43-30-18-36-22-37-31(30)41-15-13-33(21-41)12-14-40(20-33)19-24-8-9-28-29(16-24)39-32(42)38-28/h3-10,16-18,22-23H,11-15,19-21H2,1-2H3,(H2,38,39,42). The normalized spacial score (nSPS) is 24.2. The molecule has 3 aliphatic rings. The molecule has 2 N–H and O–H groups in total. The average Bonchev–Trinajstić information content (AvgIpc) is 3.72. The number of anilines is 1. The van der Waals surface area contributed by atoms with Gasteiger partial charge in [-0.1, -0.05) is 50.2 Å². The van der Waals surface area contributed by atoms with E-state index >= 15 is 0 Å². The maximum atomic E-state index is 14.7. The molecule has 2 unspecified atom stereocenters. The topological polar surface area (TPSA) is 90.1 Å². The summed E-state index contributed by atoms with van der Waals surface area (Å²) >= 11 is 0. The second-order valence-corrected chi connectivity index (χ2v) is 12.7. The van der Waals surface area contributed by atoms with Gasteiger partial charge in [-0.3, -0.25) is 4.90 Å². The first-order valence-electron chi connectivity index (χ1n) is 15.1. The van der Waals surface area contributed by atoms with Crippen LogP contribution in [0, 0.1) is 11.3 Å². The zero-order valence-electron chi connectivity index (χ0n) is 24.6. The van der Waals surface area contributed by atoms with Gasteiger partial charge in [0, 0.05) is 43.6 Å². The Bertz CT molecular complexity index is 1760. The van der Waals surface area contributed by atoms with Crippen molar-refractivity contribution in [3.63, 3.8) is 0 Å². The summed E-state index contributed by atoms with van der Waals surface area (Å²) in [6.45, 7) is 8.92. The van der Waals surface area contributed by atoms with Crippen LogP contribution in [-0.4, -0.2) is 56.6 Å². The lowest BCUT2D eigenvalue weighted by Gasteiger charge is -2.42. The molecule has 1 aliphatic carbocycles. The Morgan fingerprint density at radius 3 is 2.70 bits per heavy atom. The number of imidazole rings is 1. The molecule has 1 spiro atoms. The van der Waals surface area contributed by atoms with Crippen molar-refractivity contribution in [2.75, 3.05) is 31.1 Å². The second-order valence-electron chi connectivity index (χ2n) is 12.7. The molecule has 2 saturated heterocycles. The smallest absolute Gasteiger partial charge is 0.323 e. The Morgan fingerprint density at radius 2 is 1.86 bits per heavy atom. The van der Waals surface area contributed by atoms with Gasteiger partial charge >= 0.3 is 5.69 Å². The van der Waals surface area contributed by atoms with Crippen molar-refractivity contribution >= 4 is 22.4 Å². The number of hydrogen-bond acceptors (Lipinski definition) is 6. The van der Waals surface area contributed by atoms with E-state index in [9.17, 15) is 9.18 Å². The van der Waals surface area contributed by atoms with Crippen molar-refractivity contribution in [2.24, 2.45) is 11.3 Å².